The fourth-order valence-electron chi connectivity index (χ4n) is 1.89. The van der Waals surface area contributed by atoms with E-state index in [0.29, 0.717) is 18.6 Å². The average Bonchev–Trinajstić information content (AvgIpc) is 2.36. The number of hydrogen-bond acceptors (Lipinski definition) is 3. The van der Waals surface area contributed by atoms with Crippen LogP contribution in [0.2, 0.25) is 0 Å². The van der Waals surface area contributed by atoms with Gasteiger partial charge in [-0.1, -0.05) is 32.0 Å². The summed E-state index contributed by atoms with van der Waals surface area (Å²) in [5.74, 6) is 0.495. The zero-order valence-electron chi connectivity index (χ0n) is 10.8. The topological polar surface area (TPSA) is 40.5 Å². The van der Waals surface area contributed by atoms with Crippen molar-refractivity contribution in [2.75, 3.05) is 5.75 Å². The van der Waals surface area contributed by atoms with Gasteiger partial charge in [0.05, 0.1) is 11.2 Å². The third-order valence-electron chi connectivity index (χ3n) is 3.44. The van der Waals surface area contributed by atoms with E-state index in [1.165, 1.54) is 0 Å². The average molecular weight is 254 g/mol. The smallest absolute Gasteiger partial charge is 0.0998 e. The molecule has 0 saturated heterocycles. The van der Waals surface area contributed by atoms with E-state index >= 15 is 0 Å². The molecule has 0 amide bonds. The van der Waals surface area contributed by atoms with Gasteiger partial charge in [0.1, 0.15) is 0 Å². The monoisotopic (exact) mass is 254 g/mol. The molecule has 0 aromatic heterocycles. The number of hydrogen-bond donors (Lipinski definition) is 2. The molecule has 0 heterocycles. The van der Waals surface area contributed by atoms with Crippen LogP contribution in [-0.2, 0) is 0 Å². The van der Waals surface area contributed by atoms with E-state index in [1.54, 1.807) is 18.7 Å². The Bertz CT molecular complexity index is 331. The Morgan fingerprint density at radius 2 is 1.59 bits per heavy atom. The molecule has 1 unspecified atom stereocenters. The van der Waals surface area contributed by atoms with Gasteiger partial charge in [-0.05, 0) is 31.9 Å². The highest BCUT2D eigenvalue weighted by molar-refractivity contribution is 7.99. The molecular formula is C14H22O2S. The van der Waals surface area contributed by atoms with Gasteiger partial charge in [-0.2, -0.15) is 0 Å². The molecule has 3 heteroatoms. The summed E-state index contributed by atoms with van der Waals surface area (Å²) < 4.78 is 0. The van der Waals surface area contributed by atoms with Crippen molar-refractivity contribution in [1.82, 2.24) is 0 Å². The van der Waals surface area contributed by atoms with Crippen molar-refractivity contribution in [2.45, 2.75) is 49.7 Å². The molecule has 0 saturated carbocycles. The number of thioether (sulfide) groups is 1. The van der Waals surface area contributed by atoms with Crippen molar-refractivity contribution in [3.8, 4) is 0 Å². The van der Waals surface area contributed by atoms with Crippen LogP contribution in [-0.4, -0.2) is 27.2 Å². The predicted octanol–water partition coefficient (Wildman–Crippen LogP) is 3.08. The van der Waals surface area contributed by atoms with Crippen LogP contribution in [0.25, 0.3) is 0 Å². The third kappa shape index (κ3) is 3.47. The normalized spacial score (nSPS) is 15.6. The first-order chi connectivity index (χ1) is 7.95. The molecule has 1 rings (SSSR count). The zero-order valence-corrected chi connectivity index (χ0v) is 11.6. The molecular weight excluding hydrogens is 232 g/mol. The summed E-state index contributed by atoms with van der Waals surface area (Å²) in [5, 5.41) is 20.8. The van der Waals surface area contributed by atoms with Crippen LogP contribution in [0.5, 0.6) is 0 Å². The Hall–Kier alpha value is -0.510. The lowest BCUT2D eigenvalue weighted by atomic mass is 9.81. The maximum absolute atomic E-state index is 10.4. The van der Waals surface area contributed by atoms with E-state index in [4.69, 9.17) is 0 Å². The van der Waals surface area contributed by atoms with Crippen LogP contribution >= 0.6 is 11.8 Å². The largest absolute Gasteiger partial charge is 0.387 e. The Morgan fingerprint density at radius 3 is 2.06 bits per heavy atom. The molecule has 0 aliphatic carbocycles. The zero-order chi connectivity index (χ0) is 12.9. The molecule has 0 aliphatic rings. The summed E-state index contributed by atoms with van der Waals surface area (Å²) >= 11 is 1.57. The van der Waals surface area contributed by atoms with Crippen molar-refractivity contribution in [2.24, 2.45) is 0 Å². The quantitative estimate of drug-likeness (QED) is 0.766. The van der Waals surface area contributed by atoms with Gasteiger partial charge in [0.25, 0.3) is 0 Å². The van der Waals surface area contributed by atoms with E-state index in [-0.39, 0.29) is 0 Å². The molecule has 0 aliphatic heterocycles. The van der Waals surface area contributed by atoms with Gasteiger partial charge in [0.2, 0.25) is 0 Å². The van der Waals surface area contributed by atoms with Gasteiger partial charge in [0.15, 0.2) is 0 Å². The Balaban J connectivity index is 2.67. The minimum absolute atomic E-state index is 0.495. The van der Waals surface area contributed by atoms with E-state index in [0.717, 1.165) is 4.90 Å². The molecule has 2 N–H and O–H groups in total. The van der Waals surface area contributed by atoms with Gasteiger partial charge in [-0.3, -0.25) is 0 Å². The first kappa shape index (κ1) is 14.6. The second-order valence-electron chi connectivity index (χ2n) is 4.61. The Labute approximate surface area is 108 Å². The second-order valence-corrected chi connectivity index (χ2v) is 5.66. The van der Waals surface area contributed by atoms with Crippen LogP contribution in [0, 0.1) is 0 Å². The SMILES string of the molecule is CCC(O)(CC)C(C)(O)CSc1ccccc1. The molecule has 0 bridgehead atoms. The molecule has 96 valence electrons. The summed E-state index contributed by atoms with van der Waals surface area (Å²) in [6.07, 6.45) is 1.12. The summed E-state index contributed by atoms with van der Waals surface area (Å²) in [7, 11) is 0. The lowest BCUT2D eigenvalue weighted by Crippen LogP contribution is -2.53. The van der Waals surface area contributed by atoms with E-state index in [2.05, 4.69) is 0 Å². The van der Waals surface area contributed by atoms with Crippen molar-refractivity contribution in [3.05, 3.63) is 30.3 Å². The van der Waals surface area contributed by atoms with Gasteiger partial charge >= 0.3 is 0 Å². The summed E-state index contributed by atoms with van der Waals surface area (Å²) in [4.78, 5) is 1.11. The predicted molar refractivity (Wildman–Crippen MR) is 73.3 cm³/mol. The minimum atomic E-state index is -1.07. The maximum atomic E-state index is 10.4. The number of benzene rings is 1. The van der Waals surface area contributed by atoms with Crippen molar-refractivity contribution < 1.29 is 10.2 Å². The van der Waals surface area contributed by atoms with Crippen molar-refractivity contribution >= 4 is 11.8 Å². The van der Waals surface area contributed by atoms with Crippen LogP contribution in [0.4, 0.5) is 0 Å². The van der Waals surface area contributed by atoms with Gasteiger partial charge < -0.3 is 10.2 Å². The molecule has 1 atom stereocenters. The van der Waals surface area contributed by atoms with Crippen LogP contribution in [0.15, 0.2) is 35.2 Å². The summed E-state index contributed by atoms with van der Waals surface area (Å²) in [5.41, 5.74) is -2.08. The van der Waals surface area contributed by atoms with E-state index in [1.807, 2.05) is 44.2 Å². The minimum Gasteiger partial charge on any atom is -0.387 e. The molecule has 0 radical (unpaired) electrons. The first-order valence-electron chi connectivity index (χ1n) is 6.08. The van der Waals surface area contributed by atoms with Gasteiger partial charge in [0, 0.05) is 10.6 Å². The lowest BCUT2D eigenvalue weighted by Gasteiger charge is -2.40. The third-order valence-corrected chi connectivity index (χ3v) is 4.75. The van der Waals surface area contributed by atoms with Gasteiger partial charge in [-0.25, -0.2) is 0 Å². The molecule has 1 aromatic rings. The van der Waals surface area contributed by atoms with Gasteiger partial charge in [-0.15, -0.1) is 11.8 Å². The number of aliphatic hydroxyl groups is 2. The fourth-order valence-corrected chi connectivity index (χ4v) is 2.95. The van der Waals surface area contributed by atoms with Crippen molar-refractivity contribution in [1.29, 1.82) is 0 Å². The maximum Gasteiger partial charge on any atom is 0.0998 e. The fraction of sp³-hybridized carbons (Fsp3) is 0.571. The first-order valence-corrected chi connectivity index (χ1v) is 7.06. The highest BCUT2D eigenvalue weighted by Crippen LogP contribution is 2.34. The van der Waals surface area contributed by atoms with E-state index < -0.39 is 11.2 Å². The molecule has 17 heavy (non-hydrogen) atoms. The Morgan fingerprint density at radius 1 is 1.06 bits per heavy atom. The summed E-state index contributed by atoms with van der Waals surface area (Å²) in [6.45, 7) is 5.53. The van der Waals surface area contributed by atoms with E-state index in [9.17, 15) is 10.2 Å². The van der Waals surface area contributed by atoms with Crippen LogP contribution < -0.4 is 0 Å². The second kappa shape index (κ2) is 5.89. The Kier molecular flexibility index (Phi) is 5.04. The molecule has 1 aromatic carbocycles. The van der Waals surface area contributed by atoms with Crippen LogP contribution in [0.1, 0.15) is 33.6 Å². The molecule has 2 nitrogen and oxygen atoms in total. The highest BCUT2D eigenvalue weighted by Gasteiger charge is 2.42. The van der Waals surface area contributed by atoms with Crippen LogP contribution in [0.3, 0.4) is 0 Å². The lowest BCUT2D eigenvalue weighted by molar-refractivity contribution is -0.131. The molecule has 0 spiro atoms. The standard InChI is InChI=1S/C14H22O2S/c1-4-14(16,5-2)13(3,15)11-17-12-9-7-6-8-10-12/h6-10,15-16H,4-5,11H2,1-3H3. The summed E-state index contributed by atoms with van der Waals surface area (Å²) in [6, 6.07) is 9.94. The van der Waals surface area contributed by atoms with Crippen molar-refractivity contribution in [3.63, 3.8) is 0 Å². The highest BCUT2D eigenvalue weighted by atomic mass is 32.2. The molecule has 0 fully saturated rings. The number of rotatable bonds is 6.